The van der Waals surface area contributed by atoms with Crippen LogP contribution in [0, 0.1) is 6.92 Å². The topological polar surface area (TPSA) is 76.7 Å². The third-order valence-electron chi connectivity index (χ3n) is 5.30. The Morgan fingerprint density at radius 1 is 1.26 bits per heavy atom. The van der Waals surface area contributed by atoms with Gasteiger partial charge in [0.05, 0.1) is 24.0 Å². The first-order valence-corrected chi connectivity index (χ1v) is 9.30. The summed E-state index contributed by atoms with van der Waals surface area (Å²) in [6.07, 6.45) is 5.55. The van der Waals surface area contributed by atoms with Gasteiger partial charge in [0.2, 0.25) is 0 Å². The van der Waals surface area contributed by atoms with E-state index in [-0.39, 0.29) is 5.69 Å². The molecule has 0 aliphatic heterocycles. The van der Waals surface area contributed by atoms with Crippen LogP contribution in [0.25, 0.3) is 5.52 Å². The van der Waals surface area contributed by atoms with Gasteiger partial charge in [-0.25, -0.2) is 14.3 Å². The summed E-state index contributed by atoms with van der Waals surface area (Å²) in [5.74, 6) is -0.172. The fourth-order valence-electron chi connectivity index (χ4n) is 3.94. The highest BCUT2D eigenvalue weighted by atomic mass is 16.5. The number of hydrogen-bond donors (Lipinski definition) is 1. The van der Waals surface area contributed by atoms with Crippen LogP contribution in [0.1, 0.15) is 70.7 Å². The molecule has 0 aromatic carbocycles. The Bertz CT molecular complexity index is 990. The van der Waals surface area contributed by atoms with E-state index in [0.29, 0.717) is 11.6 Å². The molecule has 3 heterocycles. The first-order chi connectivity index (χ1) is 13.1. The molecular weight excluding hydrogens is 342 g/mol. The Balaban J connectivity index is 1.84. The van der Waals surface area contributed by atoms with Gasteiger partial charge in [0.25, 0.3) is 0 Å². The van der Waals surface area contributed by atoms with Crippen molar-refractivity contribution in [1.29, 1.82) is 0 Å². The van der Waals surface area contributed by atoms with Crippen LogP contribution < -0.4 is 0 Å². The normalized spacial score (nSPS) is 16.0. The van der Waals surface area contributed by atoms with E-state index < -0.39 is 12.1 Å². The Kier molecular flexibility index (Phi) is 4.66. The van der Waals surface area contributed by atoms with Crippen molar-refractivity contribution in [2.75, 3.05) is 7.11 Å². The predicted molar refractivity (Wildman–Crippen MR) is 101 cm³/mol. The second-order valence-corrected chi connectivity index (χ2v) is 7.16. The molecule has 140 valence electrons. The first kappa shape index (κ1) is 17.7. The summed E-state index contributed by atoms with van der Waals surface area (Å²) < 4.78 is 6.60. The van der Waals surface area contributed by atoms with Crippen LogP contribution in [-0.4, -0.2) is 32.8 Å². The summed E-state index contributed by atoms with van der Waals surface area (Å²) >= 11 is 0. The molecule has 3 aromatic heterocycles. The number of methoxy groups -OCH3 is 1. The molecule has 1 fully saturated rings. The van der Waals surface area contributed by atoms with E-state index in [1.54, 1.807) is 18.2 Å². The summed E-state index contributed by atoms with van der Waals surface area (Å²) in [6, 6.07) is 9.03. The first-order valence-electron chi connectivity index (χ1n) is 9.30. The zero-order chi connectivity index (χ0) is 19.0. The molecule has 4 rings (SSSR count). The predicted octanol–water partition coefficient (Wildman–Crippen LogP) is 3.56. The van der Waals surface area contributed by atoms with Crippen molar-refractivity contribution in [3.05, 3.63) is 64.7 Å². The lowest BCUT2D eigenvalue weighted by molar-refractivity contribution is 0.0593. The van der Waals surface area contributed by atoms with Crippen molar-refractivity contribution in [2.24, 2.45) is 0 Å². The maximum absolute atomic E-state index is 11.8. The average molecular weight is 365 g/mol. The van der Waals surface area contributed by atoms with Crippen LogP contribution >= 0.6 is 0 Å². The summed E-state index contributed by atoms with van der Waals surface area (Å²) in [7, 11) is 1.32. The number of fused-ring (bicyclic) bond motifs is 1. The van der Waals surface area contributed by atoms with Gasteiger partial charge in [-0.3, -0.25) is 0 Å². The molecule has 1 N–H and O–H groups in total. The van der Waals surface area contributed by atoms with Crippen molar-refractivity contribution in [1.82, 2.24) is 14.6 Å². The van der Waals surface area contributed by atoms with Crippen molar-refractivity contribution in [2.45, 2.75) is 44.6 Å². The fourth-order valence-corrected chi connectivity index (χ4v) is 3.94. The third kappa shape index (κ3) is 3.21. The molecule has 1 saturated carbocycles. The lowest BCUT2D eigenvalue weighted by Crippen LogP contribution is -2.10. The van der Waals surface area contributed by atoms with Crippen LogP contribution in [0.4, 0.5) is 0 Å². The molecule has 27 heavy (non-hydrogen) atoms. The number of aliphatic hydroxyl groups is 1. The number of carbonyl (C=O) groups excluding carboxylic acids is 1. The molecule has 0 saturated heterocycles. The van der Waals surface area contributed by atoms with Crippen LogP contribution in [0.2, 0.25) is 0 Å². The number of aliphatic hydroxyl groups excluding tert-OH is 1. The Morgan fingerprint density at radius 2 is 2.04 bits per heavy atom. The smallest absolute Gasteiger partial charge is 0.356 e. The van der Waals surface area contributed by atoms with Crippen LogP contribution in [0.5, 0.6) is 0 Å². The molecule has 1 unspecified atom stereocenters. The highest BCUT2D eigenvalue weighted by Crippen LogP contribution is 2.39. The lowest BCUT2D eigenvalue weighted by Gasteiger charge is -2.15. The van der Waals surface area contributed by atoms with Gasteiger partial charge in [0, 0.05) is 17.7 Å². The van der Waals surface area contributed by atoms with Gasteiger partial charge in [-0.15, -0.1) is 0 Å². The number of ether oxygens (including phenoxy) is 1. The highest BCUT2D eigenvalue weighted by Gasteiger charge is 2.29. The number of nitrogens with zero attached hydrogens (tertiary/aromatic N) is 3. The molecule has 0 spiro atoms. The molecule has 0 radical (unpaired) electrons. The third-order valence-corrected chi connectivity index (χ3v) is 5.30. The van der Waals surface area contributed by atoms with E-state index in [2.05, 4.69) is 4.98 Å². The lowest BCUT2D eigenvalue weighted by atomic mass is 9.94. The van der Waals surface area contributed by atoms with E-state index in [9.17, 15) is 9.90 Å². The van der Waals surface area contributed by atoms with Crippen LogP contribution in [-0.2, 0) is 4.74 Å². The van der Waals surface area contributed by atoms with Crippen molar-refractivity contribution in [3.8, 4) is 0 Å². The maximum atomic E-state index is 11.8. The summed E-state index contributed by atoms with van der Waals surface area (Å²) in [5, 5.41) is 16.0. The van der Waals surface area contributed by atoms with Crippen molar-refractivity contribution >= 4 is 11.5 Å². The van der Waals surface area contributed by atoms with Crippen molar-refractivity contribution < 1.29 is 14.6 Å². The van der Waals surface area contributed by atoms with E-state index in [1.807, 2.05) is 29.8 Å². The quantitative estimate of drug-likeness (QED) is 0.715. The molecule has 6 nitrogen and oxygen atoms in total. The molecule has 1 aliphatic carbocycles. The van der Waals surface area contributed by atoms with E-state index >= 15 is 0 Å². The highest BCUT2D eigenvalue weighted by molar-refractivity contribution is 5.87. The van der Waals surface area contributed by atoms with Gasteiger partial charge in [-0.05, 0) is 43.5 Å². The number of carbonyl (C=O) groups is 1. The average Bonchev–Trinajstić information content (AvgIpc) is 3.34. The number of aromatic nitrogens is 3. The standard InChI is InChI=1S/C21H23N3O3/c1-13-10-11-17-18(19(23-24(17)12-13)14-6-3-4-7-14)20(25)15-8-5-9-16(22-15)21(26)27-2/h5,8-12,14,20,25H,3-4,6-7H2,1-2H3. The molecule has 6 heteroatoms. The van der Waals surface area contributed by atoms with Gasteiger partial charge in [-0.2, -0.15) is 5.10 Å². The number of rotatable bonds is 4. The summed E-state index contributed by atoms with van der Waals surface area (Å²) in [5.41, 5.74) is 4.32. The zero-order valence-corrected chi connectivity index (χ0v) is 15.6. The second-order valence-electron chi connectivity index (χ2n) is 7.16. The number of pyridine rings is 2. The van der Waals surface area contributed by atoms with E-state index in [1.165, 1.54) is 20.0 Å². The fraction of sp³-hybridized carbons (Fsp3) is 0.381. The summed E-state index contributed by atoms with van der Waals surface area (Å²) in [6.45, 7) is 2.02. The van der Waals surface area contributed by atoms with Crippen molar-refractivity contribution in [3.63, 3.8) is 0 Å². The summed E-state index contributed by atoms with van der Waals surface area (Å²) in [4.78, 5) is 16.1. The van der Waals surface area contributed by atoms with E-state index in [4.69, 9.17) is 9.84 Å². The van der Waals surface area contributed by atoms with Crippen LogP contribution in [0.3, 0.4) is 0 Å². The van der Waals surface area contributed by atoms with Crippen LogP contribution in [0.15, 0.2) is 36.5 Å². The molecular formula is C21H23N3O3. The number of aryl methyl sites for hydroxylation is 1. The minimum absolute atomic E-state index is 0.184. The Hall–Kier alpha value is -2.73. The SMILES string of the molecule is COC(=O)c1cccc(C(O)c2c(C3CCCC3)nn3cc(C)ccc23)n1. The molecule has 3 aromatic rings. The minimum atomic E-state index is -0.953. The molecule has 1 aliphatic rings. The maximum Gasteiger partial charge on any atom is 0.356 e. The molecule has 0 bridgehead atoms. The van der Waals surface area contributed by atoms with Gasteiger partial charge in [0.15, 0.2) is 0 Å². The Labute approximate surface area is 157 Å². The van der Waals surface area contributed by atoms with Gasteiger partial charge in [-0.1, -0.05) is 25.0 Å². The van der Waals surface area contributed by atoms with E-state index in [0.717, 1.165) is 35.2 Å². The monoisotopic (exact) mass is 365 g/mol. The number of esters is 1. The van der Waals surface area contributed by atoms with Gasteiger partial charge in [0.1, 0.15) is 11.8 Å². The largest absolute Gasteiger partial charge is 0.464 e. The second kappa shape index (κ2) is 7.12. The zero-order valence-electron chi connectivity index (χ0n) is 15.6. The number of hydrogen-bond acceptors (Lipinski definition) is 5. The van der Waals surface area contributed by atoms with Gasteiger partial charge >= 0.3 is 5.97 Å². The van der Waals surface area contributed by atoms with Gasteiger partial charge < -0.3 is 9.84 Å². The Morgan fingerprint density at radius 3 is 2.78 bits per heavy atom. The minimum Gasteiger partial charge on any atom is -0.464 e. The molecule has 0 amide bonds. The molecule has 1 atom stereocenters.